The predicted molar refractivity (Wildman–Crippen MR) is 114 cm³/mol. The van der Waals surface area contributed by atoms with Crippen LogP contribution in [0.1, 0.15) is 30.5 Å². The maximum atomic E-state index is 12.7. The summed E-state index contributed by atoms with van der Waals surface area (Å²) in [5, 5.41) is 2.92. The van der Waals surface area contributed by atoms with E-state index in [1.807, 2.05) is 38.1 Å². The first-order valence-corrected chi connectivity index (χ1v) is 11.1. The molecule has 2 aromatic carbocycles. The molecule has 0 fully saturated rings. The van der Waals surface area contributed by atoms with Crippen LogP contribution in [0.4, 0.5) is 5.69 Å². The number of carbonyl (C=O) groups is 1. The van der Waals surface area contributed by atoms with Gasteiger partial charge < -0.3 is 14.8 Å². The number of sulfonamides is 1. The van der Waals surface area contributed by atoms with Gasteiger partial charge in [0.2, 0.25) is 15.9 Å². The molecule has 7 nitrogen and oxygen atoms in total. The molecule has 0 aliphatic heterocycles. The molecule has 0 unspecified atom stereocenters. The lowest BCUT2D eigenvalue weighted by atomic mass is 10.0. The summed E-state index contributed by atoms with van der Waals surface area (Å²) < 4.78 is 36.4. The number of rotatable bonds is 9. The van der Waals surface area contributed by atoms with Crippen molar-refractivity contribution >= 4 is 21.6 Å². The van der Waals surface area contributed by atoms with Gasteiger partial charge in [-0.05, 0) is 31.0 Å². The van der Waals surface area contributed by atoms with Gasteiger partial charge in [0.25, 0.3) is 0 Å². The number of ether oxygens (including phenoxy) is 2. The lowest BCUT2D eigenvalue weighted by Gasteiger charge is -2.25. The van der Waals surface area contributed by atoms with E-state index in [0.29, 0.717) is 17.9 Å². The van der Waals surface area contributed by atoms with Gasteiger partial charge in [0.15, 0.2) is 0 Å². The van der Waals surface area contributed by atoms with Gasteiger partial charge in [0.1, 0.15) is 18.0 Å². The summed E-state index contributed by atoms with van der Waals surface area (Å²) in [6, 6.07) is 12.5. The highest BCUT2D eigenvalue weighted by atomic mass is 32.2. The fraction of sp³-hybridized carbons (Fsp3) is 0.381. The van der Waals surface area contributed by atoms with Crippen LogP contribution in [-0.4, -0.2) is 41.3 Å². The zero-order chi connectivity index (χ0) is 21.6. The number of nitrogens with one attached hydrogen (secondary N) is 1. The van der Waals surface area contributed by atoms with Crippen LogP contribution in [-0.2, 0) is 14.8 Å². The second-order valence-corrected chi connectivity index (χ2v) is 8.65. The number of hydrogen-bond donors (Lipinski definition) is 1. The number of amides is 1. The van der Waals surface area contributed by atoms with Crippen molar-refractivity contribution in [3.63, 3.8) is 0 Å². The van der Waals surface area contributed by atoms with Gasteiger partial charge in [-0.15, -0.1) is 0 Å². The van der Waals surface area contributed by atoms with Gasteiger partial charge >= 0.3 is 0 Å². The lowest BCUT2D eigenvalue weighted by molar-refractivity contribution is -0.120. The van der Waals surface area contributed by atoms with Crippen LogP contribution >= 0.6 is 0 Å². The lowest BCUT2D eigenvalue weighted by Crippen LogP contribution is -2.41. The number of carbonyl (C=O) groups excluding carboxylic acids is 1. The van der Waals surface area contributed by atoms with Crippen molar-refractivity contribution in [3.05, 3.63) is 53.6 Å². The van der Waals surface area contributed by atoms with Gasteiger partial charge in [0, 0.05) is 6.07 Å². The standard InChI is InChI=1S/C21H28N2O5S/c1-6-18(16-9-7-15(2)8-10-16)22-21(24)14-23(29(5,25)26)19-13-17(27-3)11-12-20(19)28-4/h7-13,18H,6,14H2,1-5H3,(H,22,24)/t18-/m1/s1. The van der Waals surface area contributed by atoms with Crippen LogP contribution in [0.25, 0.3) is 0 Å². The molecular weight excluding hydrogens is 392 g/mol. The minimum Gasteiger partial charge on any atom is -0.497 e. The number of anilines is 1. The third kappa shape index (κ3) is 5.87. The minimum absolute atomic E-state index is 0.211. The molecule has 1 amide bonds. The van der Waals surface area contributed by atoms with Crippen molar-refractivity contribution in [2.45, 2.75) is 26.3 Å². The highest BCUT2D eigenvalue weighted by molar-refractivity contribution is 7.92. The third-order valence-corrected chi connectivity index (χ3v) is 5.69. The van der Waals surface area contributed by atoms with E-state index in [4.69, 9.17) is 9.47 Å². The zero-order valence-corrected chi connectivity index (χ0v) is 18.2. The first kappa shape index (κ1) is 22.5. The second-order valence-electron chi connectivity index (χ2n) is 6.75. The molecule has 8 heteroatoms. The number of hydrogen-bond acceptors (Lipinski definition) is 5. The molecule has 2 aromatic rings. The first-order chi connectivity index (χ1) is 13.7. The molecule has 1 N–H and O–H groups in total. The van der Waals surface area contributed by atoms with Gasteiger partial charge in [-0.2, -0.15) is 0 Å². The van der Waals surface area contributed by atoms with Gasteiger partial charge in [-0.1, -0.05) is 36.8 Å². The maximum absolute atomic E-state index is 12.7. The van der Waals surface area contributed by atoms with Crippen LogP contribution in [0.15, 0.2) is 42.5 Å². The molecule has 0 aliphatic carbocycles. The molecule has 0 heterocycles. The number of methoxy groups -OCH3 is 2. The summed E-state index contributed by atoms with van der Waals surface area (Å²) in [6.07, 6.45) is 1.73. The number of benzene rings is 2. The Kier molecular flexibility index (Phi) is 7.50. The molecule has 0 aliphatic rings. The van der Waals surface area contributed by atoms with Crippen LogP contribution in [0, 0.1) is 6.92 Å². The Morgan fingerprint density at radius 2 is 1.76 bits per heavy atom. The van der Waals surface area contributed by atoms with E-state index in [1.165, 1.54) is 20.3 Å². The second kappa shape index (κ2) is 9.65. The van der Waals surface area contributed by atoms with Crippen LogP contribution < -0.4 is 19.1 Å². The predicted octanol–water partition coefficient (Wildman–Crippen LogP) is 3.05. The molecule has 0 bridgehead atoms. The largest absolute Gasteiger partial charge is 0.497 e. The molecule has 1 atom stereocenters. The normalized spacial score (nSPS) is 12.2. The van der Waals surface area contributed by atoms with Crippen molar-refractivity contribution in [2.75, 3.05) is 31.3 Å². The Morgan fingerprint density at radius 1 is 1.10 bits per heavy atom. The highest BCUT2D eigenvalue weighted by Gasteiger charge is 2.25. The molecule has 0 saturated carbocycles. The molecule has 0 spiro atoms. The van der Waals surface area contributed by atoms with Crippen molar-refractivity contribution in [1.29, 1.82) is 0 Å². The fourth-order valence-electron chi connectivity index (χ4n) is 2.96. The molecule has 29 heavy (non-hydrogen) atoms. The maximum Gasteiger partial charge on any atom is 0.241 e. The Bertz CT molecular complexity index is 942. The molecule has 2 rings (SSSR count). The average Bonchev–Trinajstić information content (AvgIpc) is 2.69. The van der Waals surface area contributed by atoms with E-state index in [-0.39, 0.29) is 18.3 Å². The van der Waals surface area contributed by atoms with E-state index in [0.717, 1.165) is 21.7 Å². The summed E-state index contributed by atoms with van der Waals surface area (Å²) in [6.45, 7) is 3.59. The molecule has 0 radical (unpaired) electrons. The van der Waals surface area contributed by atoms with Gasteiger partial charge in [-0.25, -0.2) is 8.42 Å². The summed E-state index contributed by atoms with van der Waals surface area (Å²) in [5.41, 5.74) is 2.34. The molecule has 0 aromatic heterocycles. The number of nitrogens with zero attached hydrogens (tertiary/aromatic N) is 1. The van der Waals surface area contributed by atoms with E-state index in [9.17, 15) is 13.2 Å². The van der Waals surface area contributed by atoms with Crippen molar-refractivity contribution in [3.8, 4) is 11.5 Å². The van der Waals surface area contributed by atoms with E-state index >= 15 is 0 Å². The van der Waals surface area contributed by atoms with E-state index in [2.05, 4.69) is 5.32 Å². The fourth-order valence-corrected chi connectivity index (χ4v) is 3.81. The Balaban J connectivity index is 2.29. The van der Waals surface area contributed by atoms with E-state index < -0.39 is 15.9 Å². The SMILES string of the molecule is CC[C@@H](NC(=O)CN(c1cc(OC)ccc1OC)S(C)(=O)=O)c1ccc(C)cc1. The van der Waals surface area contributed by atoms with Gasteiger partial charge in [0.05, 0.1) is 32.2 Å². The zero-order valence-electron chi connectivity index (χ0n) is 17.4. The number of aryl methyl sites for hydroxylation is 1. The van der Waals surface area contributed by atoms with Crippen LogP contribution in [0.2, 0.25) is 0 Å². The quantitative estimate of drug-likeness (QED) is 0.674. The first-order valence-electron chi connectivity index (χ1n) is 9.25. The van der Waals surface area contributed by atoms with Gasteiger partial charge in [-0.3, -0.25) is 9.10 Å². The monoisotopic (exact) mass is 420 g/mol. The summed E-state index contributed by atoms with van der Waals surface area (Å²) in [4.78, 5) is 12.7. The summed E-state index contributed by atoms with van der Waals surface area (Å²) in [7, 11) is -0.823. The highest BCUT2D eigenvalue weighted by Crippen LogP contribution is 2.33. The topological polar surface area (TPSA) is 84.9 Å². The van der Waals surface area contributed by atoms with E-state index in [1.54, 1.807) is 12.1 Å². The minimum atomic E-state index is -3.75. The van der Waals surface area contributed by atoms with Crippen molar-refractivity contribution < 1.29 is 22.7 Å². The van der Waals surface area contributed by atoms with Crippen molar-refractivity contribution in [2.24, 2.45) is 0 Å². The Morgan fingerprint density at radius 3 is 2.28 bits per heavy atom. The summed E-state index contributed by atoms with van der Waals surface area (Å²) >= 11 is 0. The van der Waals surface area contributed by atoms with Crippen LogP contribution in [0.3, 0.4) is 0 Å². The summed E-state index contributed by atoms with van der Waals surface area (Å²) in [5.74, 6) is 0.378. The molecule has 158 valence electrons. The average molecular weight is 421 g/mol. The smallest absolute Gasteiger partial charge is 0.241 e. The van der Waals surface area contributed by atoms with Crippen LogP contribution in [0.5, 0.6) is 11.5 Å². The third-order valence-electron chi connectivity index (χ3n) is 4.57. The Hall–Kier alpha value is -2.74. The Labute approximate surface area is 172 Å². The molecule has 0 saturated heterocycles. The molecular formula is C21H28N2O5S. The van der Waals surface area contributed by atoms with Crippen molar-refractivity contribution in [1.82, 2.24) is 5.32 Å².